The molecule has 3 aromatic rings. The Hall–Kier alpha value is -2.80. The van der Waals surface area contributed by atoms with E-state index < -0.39 is 5.25 Å². The summed E-state index contributed by atoms with van der Waals surface area (Å²) in [5, 5.41) is 8.35. The Kier molecular flexibility index (Phi) is 6.69. The van der Waals surface area contributed by atoms with E-state index in [4.69, 9.17) is 9.15 Å². The molecule has 6 nitrogen and oxygen atoms in total. The maximum absolute atomic E-state index is 13.3. The molecule has 2 aromatic carbocycles. The summed E-state index contributed by atoms with van der Waals surface area (Å²) >= 11 is 1.31. The molecule has 156 valence electrons. The maximum atomic E-state index is 13.3. The number of amides is 1. The van der Waals surface area contributed by atoms with Crippen LogP contribution in [0.3, 0.4) is 0 Å². The van der Waals surface area contributed by atoms with Gasteiger partial charge in [-0.25, -0.2) is 0 Å². The third-order valence-electron chi connectivity index (χ3n) is 5.03. The Morgan fingerprint density at radius 3 is 2.50 bits per heavy atom. The van der Waals surface area contributed by atoms with Crippen LogP contribution in [0.25, 0.3) is 11.5 Å². The molecule has 0 saturated carbocycles. The zero-order valence-electron chi connectivity index (χ0n) is 17.0. The Labute approximate surface area is 180 Å². The molecule has 0 bridgehead atoms. The van der Waals surface area contributed by atoms with E-state index >= 15 is 0 Å². The van der Waals surface area contributed by atoms with Gasteiger partial charge in [0.25, 0.3) is 5.22 Å². The van der Waals surface area contributed by atoms with E-state index in [1.54, 1.807) is 0 Å². The molecule has 0 spiro atoms. The van der Waals surface area contributed by atoms with Crippen molar-refractivity contribution < 1.29 is 13.9 Å². The number of aromatic nitrogens is 2. The summed E-state index contributed by atoms with van der Waals surface area (Å²) in [6.45, 7) is 4.18. The molecule has 1 amide bonds. The summed E-state index contributed by atoms with van der Waals surface area (Å²) in [6, 6.07) is 17.3. The fourth-order valence-corrected chi connectivity index (χ4v) is 4.46. The van der Waals surface area contributed by atoms with Gasteiger partial charge >= 0.3 is 0 Å². The van der Waals surface area contributed by atoms with E-state index in [1.807, 2.05) is 66.4 Å². The van der Waals surface area contributed by atoms with Crippen LogP contribution >= 0.6 is 11.8 Å². The number of piperidine rings is 1. The second kappa shape index (κ2) is 9.80. The van der Waals surface area contributed by atoms with Crippen LogP contribution in [0.15, 0.2) is 64.2 Å². The molecule has 4 rings (SSSR count). The SMILES string of the molecule is CCOc1ccc(-c2nnc(S[C@H](C(=O)N3CCCCC3)c3ccccc3)o2)cc1. The highest BCUT2D eigenvalue weighted by Crippen LogP contribution is 2.37. The fourth-order valence-electron chi connectivity index (χ4n) is 3.50. The summed E-state index contributed by atoms with van der Waals surface area (Å²) < 4.78 is 11.4. The van der Waals surface area contributed by atoms with Gasteiger partial charge in [-0.05, 0) is 67.8 Å². The van der Waals surface area contributed by atoms with Crippen molar-refractivity contribution in [2.45, 2.75) is 36.7 Å². The summed E-state index contributed by atoms with van der Waals surface area (Å²) in [7, 11) is 0. The van der Waals surface area contributed by atoms with Crippen molar-refractivity contribution in [2.75, 3.05) is 19.7 Å². The molecule has 1 aliphatic heterocycles. The number of carbonyl (C=O) groups is 1. The van der Waals surface area contributed by atoms with Crippen molar-refractivity contribution in [2.24, 2.45) is 0 Å². The Bertz CT molecular complexity index is 953. The number of thioether (sulfide) groups is 1. The van der Waals surface area contributed by atoms with E-state index in [9.17, 15) is 4.79 Å². The summed E-state index contributed by atoms with van der Waals surface area (Å²) in [6.07, 6.45) is 3.29. The van der Waals surface area contributed by atoms with Gasteiger partial charge in [-0.1, -0.05) is 30.3 Å². The topological polar surface area (TPSA) is 68.5 Å². The van der Waals surface area contributed by atoms with Crippen LogP contribution in [-0.4, -0.2) is 40.7 Å². The molecule has 0 radical (unpaired) electrons. The maximum Gasteiger partial charge on any atom is 0.277 e. The highest BCUT2D eigenvalue weighted by Gasteiger charge is 2.29. The van der Waals surface area contributed by atoms with Crippen molar-refractivity contribution >= 4 is 17.7 Å². The third kappa shape index (κ3) is 4.84. The predicted molar refractivity (Wildman–Crippen MR) is 116 cm³/mol. The van der Waals surface area contributed by atoms with Gasteiger partial charge < -0.3 is 14.1 Å². The smallest absolute Gasteiger partial charge is 0.277 e. The minimum absolute atomic E-state index is 0.103. The number of carbonyl (C=O) groups excluding carboxylic acids is 1. The molecule has 1 atom stereocenters. The van der Waals surface area contributed by atoms with Gasteiger partial charge in [0.05, 0.1) is 6.61 Å². The Balaban J connectivity index is 1.54. The van der Waals surface area contributed by atoms with E-state index in [0.29, 0.717) is 17.7 Å². The summed E-state index contributed by atoms with van der Waals surface area (Å²) in [5.74, 6) is 1.33. The average molecular weight is 424 g/mol. The zero-order chi connectivity index (χ0) is 20.8. The molecule has 0 N–H and O–H groups in total. The van der Waals surface area contributed by atoms with Gasteiger partial charge in [-0.15, -0.1) is 10.2 Å². The molecule has 0 unspecified atom stereocenters. The predicted octanol–water partition coefficient (Wildman–Crippen LogP) is 4.98. The number of nitrogens with zero attached hydrogens (tertiary/aromatic N) is 3. The Morgan fingerprint density at radius 1 is 1.07 bits per heavy atom. The monoisotopic (exact) mass is 423 g/mol. The molecule has 1 fully saturated rings. The Morgan fingerprint density at radius 2 is 1.80 bits per heavy atom. The largest absolute Gasteiger partial charge is 0.494 e. The van der Waals surface area contributed by atoms with Crippen molar-refractivity contribution in [3.8, 4) is 17.2 Å². The zero-order valence-corrected chi connectivity index (χ0v) is 17.8. The van der Waals surface area contributed by atoms with Crippen LogP contribution < -0.4 is 4.74 Å². The first-order valence-electron chi connectivity index (χ1n) is 10.3. The first-order chi connectivity index (χ1) is 14.7. The number of hydrogen-bond acceptors (Lipinski definition) is 6. The molecule has 1 aliphatic rings. The van der Waals surface area contributed by atoms with Crippen LogP contribution in [0.5, 0.6) is 5.75 Å². The lowest BCUT2D eigenvalue weighted by molar-refractivity contribution is -0.131. The first kappa shape index (κ1) is 20.5. The minimum Gasteiger partial charge on any atom is -0.494 e. The van der Waals surface area contributed by atoms with Crippen LogP contribution in [0, 0.1) is 0 Å². The normalized spacial score (nSPS) is 15.0. The number of benzene rings is 2. The van der Waals surface area contributed by atoms with Gasteiger partial charge in [0, 0.05) is 18.7 Å². The standard InChI is InChI=1S/C23H25N3O3S/c1-2-28-19-13-11-18(12-14-19)21-24-25-23(29-21)30-20(17-9-5-3-6-10-17)22(27)26-15-7-4-8-16-26/h3,5-6,9-14,20H,2,4,7-8,15-16H2,1H3/t20-/m0/s1. The number of ether oxygens (including phenoxy) is 1. The van der Waals surface area contributed by atoms with Crippen LogP contribution in [0.2, 0.25) is 0 Å². The van der Waals surface area contributed by atoms with Gasteiger partial charge in [-0.3, -0.25) is 4.79 Å². The quantitative estimate of drug-likeness (QED) is 0.499. The van der Waals surface area contributed by atoms with E-state index in [-0.39, 0.29) is 5.91 Å². The van der Waals surface area contributed by atoms with Crippen molar-refractivity contribution in [3.63, 3.8) is 0 Å². The number of rotatable bonds is 7. The fraction of sp³-hybridized carbons (Fsp3) is 0.348. The highest BCUT2D eigenvalue weighted by atomic mass is 32.2. The minimum atomic E-state index is -0.405. The van der Waals surface area contributed by atoms with Crippen LogP contribution in [0.4, 0.5) is 0 Å². The molecule has 30 heavy (non-hydrogen) atoms. The van der Waals surface area contributed by atoms with Gasteiger partial charge in [0.1, 0.15) is 11.0 Å². The van der Waals surface area contributed by atoms with Gasteiger partial charge in [0.2, 0.25) is 11.8 Å². The first-order valence-corrected chi connectivity index (χ1v) is 11.2. The number of likely N-dealkylation sites (tertiary alicyclic amines) is 1. The van der Waals surface area contributed by atoms with E-state index in [0.717, 1.165) is 42.8 Å². The lowest BCUT2D eigenvalue weighted by Gasteiger charge is -2.29. The molecule has 0 aliphatic carbocycles. The lowest BCUT2D eigenvalue weighted by atomic mass is 10.1. The molecule has 2 heterocycles. The second-order valence-corrected chi connectivity index (χ2v) is 8.18. The lowest BCUT2D eigenvalue weighted by Crippen LogP contribution is -2.38. The third-order valence-corrected chi connectivity index (χ3v) is 6.11. The molecular weight excluding hydrogens is 398 g/mol. The highest BCUT2D eigenvalue weighted by molar-refractivity contribution is 8.00. The average Bonchev–Trinajstić information content (AvgIpc) is 3.28. The van der Waals surface area contributed by atoms with Crippen molar-refractivity contribution in [1.29, 1.82) is 0 Å². The second-order valence-electron chi connectivity index (χ2n) is 7.13. The van der Waals surface area contributed by atoms with Gasteiger partial charge in [0.15, 0.2) is 0 Å². The molecular formula is C23H25N3O3S. The number of hydrogen-bond donors (Lipinski definition) is 0. The molecule has 1 saturated heterocycles. The van der Waals surface area contributed by atoms with Crippen molar-refractivity contribution in [3.05, 3.63) is 60.2 Å². The van der Waals surface area contributed by atoms with Gasteiger partial charge in [-0.2, -0.15) is 0 Å². The summed E-state index contributed by atoms with van der Waals surface area (Å²) in [5.41, 5.74) is 1.76. The summed E-state index contributed by atoms with van der Waals surface area (Å²) in [4.78, 5) is 15.2. The van der Waals surface area contributed by atoms with Crippen LogP contribution in [0.1, 0.15) is 37.0 Å². The van der Waals surface area contributed by atoms with E-state index in [1.165, 1.54) is 18.2 Å². The molecule has 7 heteroatoms. The van der Waals surface area contributed by atoms with Crippen molar-refractivity contribution in [1.82, 2.24) is 15.1 Å². The molecule has 1 aromatic heterocycles. The van der Waals surface area contributed by atoms with E-state index in [2.05, 4.69) is 10.2 Å². The van der Waals surface area contributed by atoms with Crippen LogP contribution in [-0.2, 0) is 4.79 Å².